The highest BCUT2D eigenvalue weighted by Crippen LogP contribution is 2.19. The fourth-order valence-electron chi connectivity index (χ4n) is 2.44. The van der Waals surface area contributed by atoms with E-state index in [9.17, 15) is 0 Å². The lowest BCUT2D eigenvalue weighted by molar-refractivity contribution is 0.205. The predicted octanol–water partition coefficient (Wildman–Crippen LogP) is 2.41. The minimum absolute atomic E-state index is 0.360. The zero-order valence-corrected chi connectivity index (χ0v) is 9.54. The minimum Gasteiger partial charge on any atom is -0.396 e. The monoisotopic (exact) mass is 199 g/mol. The van der Waals surface area contributed by atoms with Crippen molar-refractivity contribution in [3.63, 3.8) is 0 Å². The van der Waals surface area contributed by atoms with Crippen molar-refractivity contribution < 1.29 is 5.11 Å². The van der Waals surface area contributed by atoms with Crippen LogP contribution in [-0.2, 0) is 0 Å². The molecule has 1 unspecified atom stereocenters. The van der Waals surface area contributed by atoms with E-state index in [1.54, 1.807) is 0 Å². The Morgan fingerprint density at radius 2 is 1.86 bits per heavy atom. The fraction of sp³-hybridized carbons (Fsp3) is 1.00. The number of aliphatic hydroxyl groups excluding tert-OH is 1. The summed E-state index contributed by atoms with van der Waals surface area (Å²) in [5, 5.41) is 8.76. The van der Waals surface area contributed by atoms with Crippen molar-refractivity contribution >= 4 is 0 Å². The number of nitrogens with zero attached hydrogens (tertiary/aromatic N) is 1. The molecule has 2 heteroatoms. The Labute approximate surface area is 88.3 Å². The summed E-state index contributed by atoms with van der Waals surface area (Å²) in [5.41, 5.74) is 0. The van der Waals surface area contributed by atoms with E-state index in [4.69, 9.17) is 5.11 Å². The number of hydrogen-bond donors (Lipinski definition) is 1. The van der Waals surface area contributed by atoms with E-state index < -0.39 is 0 Å². The fourth-order valence-corrected chi connectivity index (χ4v) is 2.44. The normalized spacial score (nSPS) is 20.1. The highest BCUT2D eigenvalue weighted by Gasteiger charge is 2.20. The smallest absolute Gasteiger partial charge is 0.0431 e. The first-order valence-corrected chi connectivity index (χ1v) is 6.23. The summed E-state index contributed by atoms with van der Waals surface area (Å²) in [7, 11) is 0. The van der Waals surface area contributed by atoms with E-state index in [0.717, 1.165) is 12.5 Å². The van der Waals surface area contributed by atoms with Gasteiger partial charge in [-0.15, -0.1) is 0 Å². The Morgan fingerprint density at radius 1 is 1.14 bits per heavy atom. The first-order chi connectivity index (χ1) is 6.88. The molecular weight excluding hydrogens is 174 g/mol. The van der Waals surface area contributed by atoms with Gasteiger partial charge in [-0.25, -0.2) is 0 Å². The molecule has 2 nitrogen and oxygen atoms in total. The highest BCUT2D eigenvalue weighted by molar-refractivity contribution is 4.75. The lowest BCUT2D eigenvalue weighted by Gasteiger charge is -2.27. The summed E-state index contributed by atoms with van der Waals surface area (Å²) in [6.45, 7) is 5.25. The second-order valence-electron chi connectivity index (χ2n) is 4.40. The van der Waals surface area contributed by atoms with Gasteiger partial charge in [0, 0.05) is 12.6 Å². The molecule has 1 aliphatic rings. The molecule has 0 bridgehead atoms. The summed E-state index contributed by atoms with van der Waals surface area (Å²) in [6, 6.07) is 0.800. The molecule has 1 heterocycles. The van der Waals surface area contributed by atoms with Crippen LogP contribution in [0.15, 0.2) is 0 Å². The van der Waals surface area contributed by atoms with Crippen molar-refractivity contribution in [2.24, 2.45) is 0 Å². The van der Waals surface area contributed by atoms with Crippen LogP contribution in [0.3, 0.4) is 0 Å². The molecule has 1 fully saturated rings. The minimum atomic E-state index is 0.360. The molecule has 1 saturated heterocycles. The van der Waals surface area contributed by atoms with Gasteiger partial charge in [-0.2, -0.15) is 0 Å². The Bertz CT molecular complexity index is 132. The second kappa shape index (κ2) is 7.24. The van der Waals surface area contributed by atoms with Crippen molar-refractivity contribution in [3.8, 4) is 0 Å². The number of likely N-dealkylation sites (tertiary alicyclic amines) is 1. The van der Waals surface area contributed by atoms with Crippen LogP contribution in [0, 0.1) is 0 Å². The molecule has 0 aliphatic carbocycles. The Balaban J connectivity index is 2.22. The van der Waals surface area contributed by atoms with Crippen molar-refractivity contribution in [3.05, 3.63) is 0 Å². The van der Waals surface area contributed by atoms with Gasteiger partial charge in [0.2, 0.25) is 0 Å². The number of aliphatic hydroxyl groups is 1. The van der Waals surface area contributed by atoms with Crippen molar-refractivity contribution in [1.82, 2.24) is 4.90 Å². The quantitative estimate of drug-likeness (QED) is 0.636. The van der Waals surface area contributed by atoms with Crippen LogP contribution in [0.5, 0.6) is 0 Å². The van der Waals surface area contributed by atoms with E-state index in [1.165, 1.54) is 51.6 Å². The van der Waals surface area contributed by atoms with Gasteiger partial charge in [-0.1, -0.05) is 13.3 Å². The lowest BCUT2D eigenvalue weighted by atomic mass is 10.0. The van der Waals surface area contributed by atoms with E-state index in [1.807, 2.05) is 0 Å². The average Bonchev–Trinajstić information content (AvgIpc) is 2.70. The van der Waals surface area contributed by atoms with Gasteiger partial charge >= 0.3 is 0 Å². The van der Waals surface area contributed by atoms with Gasteiger partial charge in [0.15, 0.2) is 0 Å². The standard InChI is InChI=1S/C12H25NO/c1-2-7-12(8-3-6-11-14)13-9-4-5-10-13/h12,14H,2-11H2,1H3. The SMILES string of the molecule is CCCC(CCCCO)N1CCCC1. The van der Waals surface area contributed by atoms with Crippen LogP contribution in [0.25, 0.3) is 0 Å². The number of rotatable bonds is 7. The molecule has 1 rings (SSSR count). The van der Waals surface area contributed by atoms with Gasteiger partial charge in [0.1, 0.15) is 0 Å². The van der Waals surface area contributed by atoms with Gasteiger partial charge < -0.3 is 10.0 Å². The largest absolute Gasteiger partial charge is 0.396 e. The lowest BCUT2D eigenvalue weighted by Crippen LogP contribution is -2.32. The molecule has 0 aromatic carbocycles. The van der Waals surface area contributed by atoms with E-state index in [2.05, 4.69) is 11.8 Å². The summed E-state index contributed by atoms with van der Waals surface area (Å²) < 4.78 is 0. The topological polar surface area (TPSA) is 23.5 Å². The van der Waals surface area contributed by atoms with Crippen LogP contribution in [0.2, 0.25) is 0 Å². The molecule has 14 heavy (non-hydrogen) atoms. The Morgan fingerprint density at radius 3 is 2.43 bits per heavy atom. The molecule has 1 atom stereocenters. The summed E-state index contributed by atoms with van der Waals surface area (Å²) >= 11 is 0. The van der Waals surface area contributed by atoms with Gasteiger partial charge in [0.25, 0.3) is 0 Å². The molecule has 1 N–H and O–H groups in total. The van der Waals surface area contributed by atoms with Crippen LogP contribution in [0.4, 0.5) is 0 Å². The molecule has 1 aliphatic heterocycles. The van der Waals surface area contributed by atoms with Crippen molar-refractivity contribution in [2.75, 3.05) is 19.7 Å². The van der Waals surface area contributed by atoms with Crippen LogP contribution in [-0.4, -0.2) is 35.7 Å². The van der Waals surface area contributed by atoms with Gasteiger partial charge in [-0.05, 0) is 51.6 Å². The zero-order valence-electron chi connectivity index (χ0n) is 9.54. The maximum Gasteiger partial charge on any atom is 0.0431 e. The van der Waals surface area contributed by atoms with Gasteiger partial charge in [-0.3, -0.25) is 0 Å². The third-order valence-electron chi connectivity index (χ3n) is 3.22. The van der Waals surface area contributed by atoms with E-state index in [0.29, 0.717) is 6.61 Å². The summed E-state index contributed by atoms with van der Waals surface area (Å²) in [6.07, 6.45) is 8.87. The molecule has 0 saturated carbocycles. The zero-order chi connectivity index (χ0) is 10.2. The second-order valence-corrected chi connectivity index (χ2v) is 4.40. The Hall–Kier alpha value is -0.0800. The maximum atomic E-state index is 8.76. The molecule has 84 valence electrons. The summed E-state index contributed by atoms with van der Waals surface area (Å²) in [4.78, 5) is 2.65. The van der Waals surface area contributed by atoms with E-state index >= 15 is 0 Å². The first kappa shape index (κ1) is 12.0. The number of unbranched alkanes of at least 4 members (excludes halogenated alkanes) is 1. The third kappa shape index (κ3) is 3.97. The first-order valence-electron chi connectivity index (χ1n) is 6.23. The van der Waals surface area contributed by atoms with Crippen molar-refractivity contribution in [1.29, 1.82) is 0 Å². The van der Waals surface area contributed by atoms with Gasteiger partial charge in [0.05, 0.1) is 0 Å². The van der Waals surface area contributed by atoms with E-state index in [-0.39, 0.29) is 0 Å². The number of hydrogen-bond acceptors (Lipinski definition) is 2. The molecule has 0 radical (unpaired) electrons. The van der Waals surface area contributed by atoms with Crippen molar-refractivity contribution in [2.45, 2.75) is 57.9 Å². The average molecular weight is 199 g/mol. The van der Waals surface area contributed by atoms with Crippen LogP contribution >= 0.6 is 0 Å². The molecule has 0 spiro atoms. The summed E-state index contributed by atoms with van der Waals surface area (Å²) in [5.74, 6) is 0. The van der Waals surface area contributed by atoms with Crippen LogP contribution < -0.4 is 0 Å². The van der Waals surface area contributed by atoms with Crippen LogP contribution in [0.1, 0.15) is 51.9 Å². The third-order valence-corrected chi connectivity index (χ3v) is 3.22. The molecule has 0 aromatic heterocycles. The Kier molecular flexibility index (Phi) is 6.20. The molecule has 0 amide bonds. The maximum absolute atomic E-state index is 8.76. The molecular formula is C12H25NO. The predicted molar refractivity (Wildman–Crippen MR) is 60.4 cm³/mol. The molecule has 0 aromatic rings. The highest BCUT2D eigenvalue weighted by atomic mass is 16.2.